The van der Waals surface area contributed by atoms with Crippen LogP contribution in [0, 0.1) is 5.82 Å². The molecule has 2 rings (SSSR count). The van der Waals surface area contributed by atoms with Crippen molar-refractivity contribution in [1.82, 2.24) is 4.31 Å². The van der Waals surface area contributed by atoms with Crippen LogP contribution in [0.5, 0.6) is 5.75 Å². The lowest BCUT2D eigenvalue weighted by molar-refractivity contribution is 0.102. The van der Waals surface area contributed by atoms with Crippen molar-refractivity contribution >= 4 is 15.7 Å². The van der Waals surface area contributed by atoms with Gasteiger partial charge in [0.2, 0.25) is 10.0 Å². The molecular weight excluding hydrogens is 299 g/mol. The molecule has 2 unspecified atom stereocenters. The van der Waals surface area contributed by atoms with Gasteiger partial charge in [-0.3, -0.25) is 0 Å². The number of nitrogens with two attached hydrogens (primary N) is 1. The third-order valence-corrected chi connectivity index (χ3v) is 5.59. The maximum atomic E-state index is 13.8. The van der Waals surface area contributed by atoms with E-state index in [0.717, 1.165) is 6.07 Å². The Labute approximate surface area is 123 Å². The van der Waals surface area contributed by atoms with E-state index in [4.69, 9.17) is 15.2 Å². The quantitative estimate of drug-likeness (QED) is 0.844. The Balaban J connectivity index is 2.40. The van der Waals surface area contributed by atoms with Crippen molar-refractivity contribution in [2.24, 2.45) is 0 Å². The summed E-state index contributed by atoms with van der Waals surface area (Å²) in [5, 5.41) is 0. The van der Waals surface area contributed by atoms with Crippen molar-refractivity contribution in [2.75, 3.05) is 26.5 Å². The Hall–Kier alpha value is -1.38. The van der Waals surface area contributed by atoms with Crippen LogP contribution < -0.4 is 10.5 Å². The second-order valence-corrected chi connectivity index (χ2v) is 6.98. The Kier molecular flexibility index (Phi) is 4.40. The standard InChI is InChI=1S/C13H19FN2O4S/c1-8-12(4-5-20-8)16(2)21(17,18)9-6-10(14)13(19-3)11(15)7-9/h6-8,12H,4-5,15H2,1-3H3. The van der Waals surface area contributed by atoms with Crippen LogP contribution in [0.2, 0.25) is 0 Å². The molecule has 0 saturated carbocycles. The summed E-state index contributed by atoms with van der Waals surface area (Å²) in [6.07, 6.45) is 0.399. The number of hydrogen-bond acceptors (Lipinski definition) is 5. The Morgan fingerprint density at radius 1 is 1.48 bits per heavy atom. The number of benzene rings is 1. The molecule has 2 atom stereocenters. The maximum Gasteiger partial charge on any atom is 0.243 e. The molecule has 1 aliphatic rings. The number of anilines is 1. The minimum absolute atomic E-state index is 0.0554. The van der Waals surface area contributed by atoms with Gasteiger partial charge in [-0.05, 0) is 25.5 Å². The fraction of sp³-hybridized carbons (Fsp3) is 0.538. The molecule has 0 spiro atoms. The smallest absolute Gasteiger partial charge is 0.243 e. The summed E-state index contributed by atoms with van der Waals surface area (Å²) in [5.74, 6) is -0.964. The van der Waals surface area contributed by atoms with E-state index >= 15 is 0 Å². The molecule has 0 bridgehead atoms. The minimum Gasteiger partial charge on any atom is -0.492 e. The number of nitrogen functional groups attached to an aromatic ring is 1. The summed E-state index contributed by atoms with van der Waals surface area (Å²) < 4.78 is 50.4. The topological polar surface area (TPSA) is 81.9 Å². The summed E-state index contributed by atoms with van der Waals surface area (Å²) in [5.41, 5.74) is 5.58. The first-order valence-electron chi connectivity index (χ1n) is 6.51. The van der Waals surface area contributed by atoms with Crippen molar-refractivity contribution in [3.63, 3.8) is 0 Å². The second-order valence-electron chi connectivity index (χ2n) is 4.98. The van der Waals surface area contributed by atoms with Gasteiger partial charge in [-0.25, -0.2) is 12.8 Å². The van der Waals surface area contributed by atoms with Crippen LogP contribution in [0.1, 0.15) is 13.3 Å². The SMILES string of the molecule is COc1c(N)cc(S(=O)(=O)N(C)C2CCOC2C)cc1F. The van der Waals surface area contributed by atoms with Gasteiger partial charge in [0.1, 0.15) is 0 Å². The van der Waals surface area contributed by atoms with Crippen LogP contribution >= 0.6 is 0 Å². The van der Waals surface area contributed by atoms with E-state index in [9.17, 15) is 12.8 Å². The van der Waals surface area contributed by atoms with Crippen LogP contribution in [-0.4, -0.2) is 45.6 Å². The van der Waals surface area contributed by atoms with Gasteiger partial charge in [-0.2, -0.15) is 4.31 Å². The van der Waals surface area contributed by atoms with E-state index in [2.05, 4.69) is 0 Å². The molecule has 0 aliphatic carbocycles. The predicted molar refractivity (Wildman–Crippen MR) is 76.1 cm³/mol. The molecule has 1 aromatic carbocycles. The van der Waals surface area contributed by atoms with E-state index in [1.807, 2.05) is 6.92 Å². The van der Waals surface area contributed by atoms with Gasteiger partial charge < -0.3 is 15.2 Å². The van der Waals surface area contributed by atoms with Crippen molar-refractivity contribution in [2.45, 2.75) is 30.4 Å². The molecule has 1 fully saturated rings. The molecule has 1 aromatic rings. The number of hydrogen-bond donors (Lipinski definition) is 1. The summed E-state index contributed by atoms with van der Waals surface area (Å²) in [6, 6.07) is 1.84. The molecule has 1 saturated heterocycles. The molecule has 21 heavy (non-hydrogen) atoms. The average molecular weight is 318 g/mol. The highest BCUT2D eigenvalue weighted by Gasteiger charge is 2.35. The Morgan fingerprint density at radius 2 is 2.14 bits per heavy atom. The predicted octanol–water partition coefficient (Wildman–Crippen LogP) is 1.21. The lowest BCUT2D eigenvalue weighted by Crippen LogP contribution is -2.41. The molecule has 0 radical (unpaired) electrons. The van der Waals surface area contributed by atoms with Crippen LogP contribution in [0.25, 0.3) is 0 Å². The first-order valence-corrected chi connectivity index (χ1v) is 7.95. The summed E-state index contributed by atoms with van der Waals surface area (Å²) in [7, 11) is -1.12. The maximum absolute atomic E-state index is 13.8. The van der Waals surface area contributed by atoms with Gasteiger partial charge in [-0.1, -0.05) is 0 Å². The van der Waals surface area contributed by atoms with Crippen LogP contribution in [0.3, 0.4) is 0 Å². The van der Waals surface area contributed by atoms with Crippen molar-refractivity contribution in [3.8, 4) is 5.75 Å². The van der Waals surface area contributed by atoms with Gasteiger partial charge in [0.05, 0.1) is 29.8 Å². The van der Waals surface area contributed by atoms with Crippen LogP contribution in [-0.2, 0) is 14.8 Å². The van der Waals surface area contributed by atoms with Crippen molar-refractivity contribution in [1.29, 1.82) is 0 Å². The van der Waals surface area contributed by atoms with Gasteiger partial charge in [0.15, 0.2) is 11.6 Å². The van der Waals surface area contributed by atoms with Gasteiger partial charge >= 0.3 is 0 Å². The molecule has 1 heterocycles. The number of methoxy groups -OCH3 is 1. The number of ether oxygens (including phenoxy) is 2. The first-order chi connectivity index (χ1) is 9.78. The zero-order valence-corrected chi connectivity index (χ0v) is 13.0. The van der Waals surface area contributed by atoms with E-state index < -0.39 is 15.8 Å². The van der Waals surface area contributed by atoms with Crippen LogP contribution in [0.4, 0.5) is 10.1 Å². The van der Waals surface area contributed by atoms with Crippen molar-refractivity contribution in [3.05, 3.63) is 17.9 Å². The zero-order chi connectivity index (χ0) is 15.8. The first kappa shape index (κ1) is 16.0. The minimum atomic E-state index is -3.85. The zero-order valence-electron chi connectivity index (χ0n) is 12.2. The van der Waals surface area contributed by atoms with Gasteiger partial charge in [-0.15, -0.1) is 0 Å². The fourth-order valence-corrected chi connectivity index (χ4v) is 3.99. The van der Waals surface area contributed by atoms with Gasteiger partial charge in [0.25, 0.3) is 0 Å². The molecule has 0 aromatic heterocycles. The lowest BCUT2D eigenvalue weighted by atomic mass is 10.2. The fourth-order valence-electron chi connectivity index (χ4n) is 2.50. The number of likely N-dealkylation sites (N-methyl/N-ethyl adjacent to an activating group) is 1. The molecule has 8 heteroatoms. The molecule has 118 valence electrons. The molecule has 0 amide bonds. The average Bonchev–Trinajstić information content (AvgIpc) is 2.83. The third kappa shape index (κ3) is 2.83. The Morgan fingerprint density at radius 3 is 2.62 bits per heavy atom. The largest absolute Gasteiger partial charge is 0.492 e. The summed E-state index contributed by atoms with van der Waals surface area (Å²) in [4.78, 5) is -0.195. The summed E-state index contributed by atoms with van der Waals surface area (Å²) >= 11 is 0. The summed E-state index contributed by atoms with van der Waals surface area (Å²) in [6.45, 7) is 2.32. The van der Waals surface area contributed by atoms with Gasteiger partial charge in [0, 0.05) is 13.7 Å². The number of nitrogens with zero attached hydrogens (tertiary/aromatic N) is 1. The van der Waals surface area contributed by atoms with E-state index in [1.54, 1.807) is 0 Å². The number of rotatable bonds is 4. The monoisotopic (exact) mass is 318 g/mol. The highest BCUT2D eigenvalue weighted by atomic mass is 32.2. The molecule has 6 nitrogen and oxygen atoms in total. The van der Waals surface area contributed by atoms with Crippen molar-refractivity contribution < 1.29 is 22.3 Å². The highest BCUT2D eigenvalue weighted by molar-refractivity contribution is 7.89. The van der Waals surface area contributed by atoms with E-state index in [-0.39, 0.29) is 28.5 Å². The molecular formula is C13H19FN2O4S. The Bertz CT molecular complexity index is 612. The van der Waals surface area contributed by atoms with E-state index in [0.29, 0.717) is 13.0 Å². The normalized spacial score (nSPS) is 22.7. The molecule has 1 aliphatic heterocycles. The number of sulfonamides is 1. The van der Waals surface area contributed by atoms with E-state index in [1.165, 1.54) is 24.5 Å². The lowest BCUT2D eigenvalue weighted by Gasteiger charge is -2.26. The highest BCUT2D eigenvalue weighted by Crippen LogP contribution is 2.31. The number of halogens is 1. The molecule has 2 N–H and O–H groups in total. The third-order valence-electron chi connectivity index (χ3n) is 3.73. The van der Waals surface area contributed by atoms with Crippen LogP contribution in [0.15, 0.2) is 17.0 Å². The second kappa shape index (κ2) is 5.78.